The fraction of sp³-hybridized carbons (Fsp3) is 0.276. The Morgan fingerprint density at radius 1 is 0.861 bits per heavy atom. The van der Waals surface area contributed by atoms with E-state index in [0.717, 1.165) is 11.1 Å². The first-order chi connectivity index (χ1) is 17.5. The molecular formula is C29H30N2O5. The Morgan fingerprint density at radius 2 is 1.42 bits per heavy atom. The van der Waals surface area contributed by atoms with Crippen molar-refractivity contribution in [3.63, 3.8) is 0 Å². The summed E-state index contributed by atoms with van der Waals surface area (Å²) < 4.78 is 9.80. The number of piperidine rings is 1. The maximum atomic E-state index is 13.4. The summed E-state index contributed by atoms with van der Waals surface area (Å²) in [4.78, 5) is 39.5. The highest BCUT2D eigenvalue weighted by Gasteiger charge is 2.28. The van der Waals surface area contributed by atoms with Crippen LogP contribution in [0.5, 0.6) is 5.75 Å². The molecule has 4 rings (SSSR count). The number of hydrogen-bond acceptors (Lipinski definition) is 5. The van der Waals surface area contributed by atoms with Crippen molar-refractivity contribution in [3.8, 4) is 5.75 Å². The molecule has 0 saturated carbocycles. The SMILES string of the molecule is CCOC(=O)Oc1ccc(C(=O)N2CCC(NC(=O)C(c3ccccc3)c3ccccc3)CC2)cc1. The summed E-state index contributed by atoms with van der Waals surface area (Å²) in [5.41, 5.74) is 2.41. The van der Waals surface area contributed by atoms with E-state index in [1.54, 1.807) is 36.1 Å². The van der Waals surface area contributed by atoms with Gasteiger partial charge >= 0.3 is 6.16 Å². The molecule has 1 heterocycles. The summed E-state index contributed by atoms with van der Waals surface area (Å²) in [5.74, 6) is -0.191. The number of carbonyl (C=O) groups excluding carboxylic acids is 3. The highest BCUT2D eigenvalue weighted by Crippen LogP contribution is 2.26. The zero-order valence-corrected chi connectivity index (χ0v) is 20.3. The Labute approximate surface area is 211 Å². The number of amides is 2. The summed E-state index contributed by atoms with van der Waals surface area (Å²) in [7, 11) is 0. The molecule has 0 bridgehead atoms. The number of nitrogens with zero attached hydrogens (tertiary/aromatic N) is 1. The van der Waals surface area contributed by atoms with E-state index >= 15 is 0 Å². The maximum Gasteiger partial charge on any atom is 0.513 e. The zero-order chi connectivity index (χ0) is 25.3. The quantitative estimate of drug-likeness (QED) is 0.384. The van der Waals surface area contributed by atoms with Gasteiger partial charge in [0.25, 0.3) is 5.91 Å². The summed E-state index contributed by atoms with van der Waals surface area (Å²) in [6, 6.07) is 26.0. The lowest BCUT2D eigenvalue weighted by molar-refractivity contribution is -0.122. The Hall–Kier alpha value is -4.13. The molecule has 7 heteroatoms. The molecule has 1 N–H and O–H groups in total. The van der Waals surface area contributed by atoms with Gasteiger partial charge in [-0.05, 0) is 55.2 Å². The van der Waals surface area contributed by atoms with Crippen molar-refractivity contribution in [2.45, 2.75) is 31.7 Å². The minimum atomic E-state index is -0.775. The van der Waals surface area contributed by atoms with Crippen LogP contribution < -0.4 is 10.1 Å². The Morgan fingerprint density at radius 3 is 1.94 bits per heavy atom. The fourth-order valence-corrected chi connectivity index (χ4v) is 4.39. The molecule has 186 valence electrons. The zero-order valence-electron chi connectivity index (χ0n) is 20.3. The van der Waals surface area contributed by atoms with Gasteiger partial charge in [0.1, 0.15) is 5.75 Å². The van der Waals surface area contributed by atoms with Gasteiger partial charge in [0.15, 0.2) is 0 Å². The first-order valence-corrected chi connectivity index (χ1v) is 12.2. The van der Waals surface area contributed by atoms with Crippen LogP contribution >= 0.6 is 0 Å². The topological polar surface area (TPSA) is 84.9 Å². The van der Waals surface area contributed by atoms with Gasteiger partial charge in [0.05, 0.1) is 12.5 Å². The van der Waals surface area contributed by atoms with Gasteiger partial charge in [-0.1, -0.05) is 60.7 Å². The fourth-order valence-electron chi connectivity index (χ4n) is 4.39. The van der Waals surface area contributed by atoms with Crippen LogP contribution in [0.3, 0.4) is 0 Å². The first kappa shape index (κ1) is 25.0. The highest BCUT2D eigenvalue weighted by atomic mass is 16.7. The van der Waals surface area contributed by atoms with Crippen molar-refractivity contribution in [2.24, 2.45) is 0 Å². The second-order valence-electron chi connectivity index (χ2n) is 8.64. The summed E-state index contributed by atoms with van der Waals surface area (Å²) in [6.07, 6.45) is 0.581. The maximum absolute atomic E-state index is 13.4. The molecule has 36 heavy (non-hydrogen) atoms. The molecule has 0 aliphatic carbocycles. The van der Waals surface area contributed by atoms with Crippen molar-refractivity contribution in [3.05, 3.63) is 102 Å². The number of likely N-dealkylation sites (tertiary alicyclic amines) is 1. The molecule has 7 nitrogen and oxygen atoms in total. The van der Waals surface area contributed by atoms with Crippen LogP contribution in [0.4, 0.5) is 4.79 Å². The van der Waals surface area contributed by atoms with E-state index in [-0.39, 0.29) is 30.4 Å². The highest BCUT2D eigenvalue weighted by molar-refractivity contribution is 5.94. The Bertz CT molecular complexity index is 1120. The predicted molar refractivity (Wildman–Crippen MR) is 136 cm³/mol. The number of nitrogens with one attached hydrogen (secondary N) is 1. The van der Waals surface area contributed by atoms with Crippen LogP contribution in [-0.4, -0.2) is 48.6 Å². The van der Waals surface area contributed by atoms with Crippen LogP contribution in [-0.2, 0) is 9.53 Å². The van der Waals surface area contributed by atoms with E-state index in [0.29, 0.717) is 37.2 Å². The van der Waals surface area contributed by atoms with Crippen LogP contribution in [0.2, 0.25) is 0 Å². The molecule has 1 aliphatic rings. The third kappa shape index (κ3) is 6.30. The smallest absolute Gasteiger partial charge is 0.434 e. The number of benzene rings is 3. The van der Waals surface area contributed by atoms with Crippen LogP contribution in [0.1, 0.15) is 47.2 Å². The molecule has 0 aromatic heterocycles. The van der Waals surface area contributed by atoms with Crippen molar-refractivity contribution < 1.29 is 23.9 Å². The second-order valence-corrected chi connectivity index (χ2v) is 8.64. The number of ether oxygens (including phenoxy) is 2. The van der Waals surface area contributed by atoms with Gasteiger partial charge in [0.2, 0.25) is 5.91 Å². The molecule has 1 saturated heterocycles. The van der Waals surface area contributed by atoms with E-state index in [9.17, 15) is 14.4 Å². The van der Waals surface area contributed by atoms with E-state index in [2.05, 4.69) is 5.32 Å². The Balaban J connectivity index is 1.34. The molecule has 1 fully saturated rings. The lowest BCUT2D eigenvalue weighted by atomic mass is 9.90. The summed E-state index contributed by atoms with van der Waals surface area (Å²) in [5, 5.41) is 3.21. The average molecular weight is 487 g/mol. The summed E-state index contributed by atoms with van der Waals surface area (Å²) >= 11 is 0. The average Bonchev–Trinajstić information content (AvgIpc) is 2.91. The minimum absolute atomic E-state index is 0.00294. The number of carbonyl (C=O) groups is 3. The number of hydrogen-bond donors (Lipinski definition) is 1. The van der Waals surface area contributed by atoms with Crippen LogP contribution in [0.15, 0.2) is 84.9 Å². The Kier molecular flexibility index (Phi) is 8.34. The lowest BCUT2D eigenvalue weighted by Crippen LogP contribution is -2.47. The van der Waals surface area contributed by atoms with Crippen molar-refractivity contribution in [1.29, 1.82) is 0 Å². The lowest BCUT2D eigenvalue weighted by Gasteiger charge is -2.33. The van der Waals surface area contributed by atoms with E-state index < -0.39 is 6.16 Å². The monoisotopic (exact) mass is 486 g/mol. The second kappa shape index (κ2) is 12.0. The third-order valence-corrected chi connectivity index (χ3v) is 6.22. The van der Waals surface area contributed by atoms with Gasteiger partial charge in [-0.15, -0.1) is 0 Å². The minimum Gasteiger partial charge on any atom is -0.434 e. The molecule has 0 radical (unpaired) electrons. The molecular weight excluding hydrogens is 456 g/mol. The molecule has 0 atom stereocenters. The van der Waals surface area contributed by atoms with Crippen molar-refractivity contribution in [2.75, 3.05) is 19.7 Å². The van der Waals surface area contributed by atoms with E-state index in [1.165, 1.54) is 0 Å². The van der Waals surface area contributed by atoms with E-state index in [4.69, 9.17) is 9.47 Å². The molecule has 3 aromatic carbocycles. The third-order valence-electron chi connectivity index (χ3n) is 6.22. The van der Waals surface area contributed by atoms with Gasteiger partial charge in [-0.2, -0.15) is 0 Å². The van der Waals surface area contributed by atoms with Gasteiger partial charge < -0.3 is 19.7 Å². The van der Waals surface area contributed by atoms with Gasteiger partial charge in [-0.25, -0.2) is 4.79 Å². The van der Waals surface area contributed by atoms with Crippen LogP contribution in [0.25, 0.3) is 0 Å². The molecule has 3 aromatic rings. The van der Waals surface area contributed by atoms with Gasteiger partial charge in [0, 0.05) is 24.7 Å². The molecule has 0 unspecified atom stereocenters. The predicted octanol–water partition coefficient (Wildman–Crippen LogP) is 4.77. The standard InChI is InChI=1S/C29H30N2O5/c1-2-35-29(34)36-25-15-13-23(14-16-25)28(33)31-19-17-24(18-20-31)30-27(32)26(21-9-5-3-6-10-21)22-11-7-4-8-12-22/h3-16,24,26H,2,17-20H2,1H3,(H,30,32). The number of rotatable bonds is 7. The summed E-state index contributed by atoms with van der Waals surface area (Å²) in [6.45, 7) is 3.02. The van der Waals surface area contributed by atoms with Gasteiger partial charge in [-0.3, -0.25) is 9.59 Å². The van der Waals surface area contributed by atoms with E-state index in [1.807, 2.05) is 60.7 Å². The van der Waals surface area contributed by atoms with Crippen molar-refractivity contribution in [1.82, 2.24) is 10.2 Å². The molecule has 1 aliphatic heterocycles. The van der Waals surface area contributed by atoms with Crippen LogP contribution in [0, 0.1) is 0 Å². The largest absolute Gasteiger partial charge is 0.513 e. The first-order valence-electron chi connectivity index (χ1n) is 12.2. The van der Waals surface area contributed by atoms with Crippen molar-refractivity contribution >= 4 is 18.0 Å². The molecule has 0 spiro atoms. The molecule has 2 amide bonds. The normalized spacial score (nSPS) is 13.8.